The van der Waals surface area contributed by atoms with E-state index in [4.69, 9.17) is 4.74 Å². The molecule has 0 spiro atoms. The van der Waals surface area contributed by atoms with E-state index in [1.54, 1.807) is 0 Å². The molecule has 2 unspecified atom stereocenters. The Morgan fingerprint density at radius 3 is 2.83 bits per heavy atom. The molecule has 0 aromatic carbocycles. The molecule has 0 amide bonds. The molecule has 1 aliphatic heterocycles. The standard InChI is InChI=1S/C14H30N2OS/c1-5-18-9-6-13(4)15-10-14-11-16(12(2)3)7-8-17-14/h12-15H,5-11H2,1-4H3. The lowest BCUT2D eigenvalue weighted by Crippen LogP contribution is -2.50. The van der Waals surface area contributed by atoms with E-state index in [-0.39, 0.29) is 0 Å². The van der Waals surface area contributed by atoms with Crippen molar-refractivity contribution in [2.75, 3.05) is 37.7 Å². The van der Waals surface area contributed by atoms with Gasteiger partial charge in [0.05, 0.1) is 12.7 Å². The fourth-order valence-electron chi connectivity index (χ4n) is 2.17. The van der Waals surface area contributed by atoms with Gasteiger partial charge >= 0.3 is 0 Å². The largest absolute Gasteiger partial charge is 0.374 e. The van der Waals surface area contributed by atoms with Gasteiger partial charge < -0.3 is 10.1 Å². The smallest absolute Gasteiger partial charge is 0.0826 e. The molecule has 0 aromatic heterocycles. The summed E-state index contributed by atoms with van der Waals surface area (Å²) in [7, 11) is 0. The summed E-state index contributed by atoms with van der Waals surface area (Å²) in [4.78, 5) is 2.51. The number of hydrogen-bond donors (Lipinski definition) is 1. The van der Waals surface area contributed by atoms with Gasteiger partial charge in [0.1, 0.15) is 0 Å². The first-order chi connectivity index (χ1) is 8.63. The molecule has 1 rings (SSSR count). The van der Waals surface area contributed by atoms with Crippen LogP contribution in [0.15, 0.2) is 0 Å². The topological polar surface area (TPSA) is 24.5 Å². The quantitative estimate of drug-likeness (QED) is 0.686. The molecule has 0 aromatic rings. The minimum absolute atomic E-state index is 0.363. The van der Waals surface area contributed by atoms with E-state index >= 15 is 0 Å². The van der Waals surface area contributed by atoms with E-state index < -0.39 is 0 Å². The summed E-state index contributed by atoms with van der Waals surface area (Å²) in [6.45, 7) is 13.0. The van der Waals surface area contributed by atoms with E-state index in [0.29, 0.717) is 18.2 Å². The molecular formula is C14H30N2OS. The van der Waals surface area contributed by atoms with E-state index in [1.165, 1.54) is 17.9 Å². The molecule has 18 heavy (non-hydrogen) atoms. The van der Waals surface area contributed by atoms with Crippen molar-refractivity contribution in [1.29, 1.82) is 0 Å². The van der Waals surface area contributed by atoms with Crippen LogP contribution >= 0.6 is 11.8 Å². The molecule has 0 radical (unpaired) electrons. The Balaban J connectivity index is 2.14. The van der Waals surface area contributed by atoms with Crippen LogP contribution in [0.2, 0.25) is 0 Å². The second-order valence-corrected chi connectivity index (χ2v) is 6.77. The lowest BCUT2D eigenvalue weighted by molar-refractivity contribution is -0.0379. The van der Waals surface area contributed by atoms with Crippen molar-refractivity contribution in [2.45, 2.75) is 52.3 Å². The number of hydrogen-bond acceptors (Lipinski definition) is 4. The van der Waals surface area contributed by atoms with Crippen molar-refractivity contribution in [3.05, 3.63) is 0 Å². The molecule has 1 heterocycles. The van der Waals surface area contributed by atoms with Gasteiger partial charge in [0.15, 0.2) is 0 Å². The van der Waals surface area contributed by atoms with Crippen LogP contribution in [0.5, 0.6) is 0 Å². The first-order valence-electron chi connectivity index (χ1n) is 7.30. The summed E-state index contributed by atoms with van der Waals surface area (Å²) >= 11 is 2.02. The summed E-state index contributed by atoms with van der Waals surface area (Å²) in [5, 5.41) is 3.61. The Bertz CT molecular complexity index is 214. The average Bonchev–Trinajstić information content (AvgIpc) is 2.37. The molecule has 3 nitrogen and oxygen atoms in total. The van der Waals surface area contributed by atoms with Crippen molar-refractivity contribution in [3.63, 3.8) is 0 Å². The van der Waals surface area contributed by atoms with Crippen molar-refractivity contribution < 1.29 is 4.74 Å². The van der Waals surface area contributed by atoms with Crippen LogP contribution in [0.25, 0.3) is 0 Å². The molecule has 1 aliphatic rings. The fourth-order valence-corrected chi connectivity index (χ4v) is 2.98. The van der Waals surface area contributed by atoms with Crippen LogP contribution < -0.4 is 5.32 Å². The summed E-state index contributed by atoms with van der Waals surface area (Å²) < 4.78 is 5.83. The van der Waals surface area contributed by atoms with Crippen molar-refractivity contribution in [3.8, 4) is 0 Å². The molecule has 0 bridgehead atoms. The van der Waals surface area contributed by atoms with E-state index in [0.717, 1.165) is 26.2 Å². The summed E-state index contributed by atoms with van der Waals surface area (Å²) in [5.74, 6) is 2.48. The van der Waals surface area contributed by atoms with E-state index in [1.807, 2.05) is 11.8 Å². The van der Waals surface area contributed by atoms with Crippen molar-refractivity contribution in [1.82, 2.24) is 10.2 Å². The molecule has 2 atom stereocenters. The molecule has 108 valence electrons. The Labute approximate surface area is 117 Å². The van der Waals surface area contributed by atoms with Crippen LogP contribution in [-0.4, -0.2) is 60.8 Å². The maximum Gasteiger partial charge on any atom is 0.0826 e. The first kappa shape index (κ1) is 16.3. The number of ether oxygens (including phenoxy) is 1. The zero-order valence-corrected chi connectivity index (χ0v) is 13.3. The van der Waals surface area contributed by atoms with Gasteiger partial charge in [-0.05, 0) is 38.7 Å². The van der Waals surface area contributed by atoms with Gasteiger partial charge in [0.25, 0.3) is 0 Å². The summed E-state index contributed by atoms with van der Waals surface area (Å²) in [6.07, 6.45) is 1.61. The Kier molecular flexibility index (Phi) is 8.31. The zero-order chi connectivity index (χ0) is 13.4. The third kappa shape index (κ3) is 6.41. The van der Waals surface area contributed by atoms with Gasteiger partial charge in [-0.3, -0.25) is 4.90 Å². The number of thioether (sulfide) groups is 1. The van der Waals surface area contributed by atoms with Crippen LogP contribution in [0, 0.1) is 0 Å². The lowest BCUT2D eigenvalue weighted by atomic mass is 10.2. The van der Waals surface area contributed by atoms with Gasteiger partial charge in [0.2, 0.25) is 0 Å². The maximum absolute atomic E-state index is 5.83. The molecule has 0 aliphatic carbocycles. The number of morpholine rings is 1. The van der Waals surface area contributed by atoms with Crippen molar-refractivity contribution in [2.24, 2.45) is 0 Å². The van der Waals surface area contributed by atoms with Gasteiger partial charge in [-0.1, -0.05) is 6.92 Å². The van der Waals surface area contributed by atoms with Crippen LogP contribution in [0.1, 0.15) is 34.1 Å². The predicted octanol–water partition coefficient (Wildman–Crippen LogP) is 2.22. The highest BCUT2D eigenvalue weighted by Crippen LogP contribution is 2.09. The molecule has 4 heteroatoms. The van der Waals surface area contributed by atoms with Gasteiger partial charge in [-0.25, -0.2) is 0 Å². The highest BCUT2D eigenvalue weighted by atomic mass is 32.2. The molecule has 1 fully saturated rings. The SMILES string of the molecule is CCSCCC(C)NCC1CN(C(C)C)CCO1. The predicted molar refractivity (Wildman–Crippen MR) is 81.5 cm³/mol. The third-order valence-corrected chi connectivity index (χ3v) is 4.43. The minimum atomic E-state index is 0.363. The minimum Gasteiger partial charge on any atom is -0.374 e. The van der Waals surface area contributed by atoms with Crippen molar-refractivity contribution >= 4 is 11.8 Å². The number of rotatable bonds is 8. The fraction of sp³-hybridized carbons (Fsp3) is 1.00. The van der Waals surface area contributed by atoms with Gasteiger partial charge in [-0.2, -0.15) is 11.8 Å². The highest BCUT2D eigenvalue weighted by molar-refractivity contribution is 7.99. The normalized spacial score (nSPS) is 23.5. The number of nitrogens with zero attached hydrogens (tertiary/aromatic N) is 1. The first-order valence-corrected chi connectivity index (χ1v) is 8.45. The second kappa shape index (κ2) is 9.18. The summed E-state index contributed by atoms with van der Waals surface area (Å²) in [5.41, 5.74) is 0. The number of nitrogens with one attached hydrogen (secondary N) is 1. The molecular weight excluding hydrogens is 244 g/mol. The average molecular weight is 274 g/mol. The Hall–Kier alpha value is 0.230. The zero-order valence-electron chi connectivity index (χ0n) is 12.4. The molecule has 1 N–H and O–H groups in total. The maximum atomic E-state index is 5.83. The van der Waals surface area contributed by atoms with Crippen LogP contribution in [0.4, 0.5) is 0 Å². The molecule has 1 saturated heterocycles. The third-order valence-electron chi connectivity index (χ3n) is 3.49. The van der Waals surface area contributed by atoms with Gasteiger partial charge in [0, 0.05) is 31.7 Å². The van der Waals surface area contributed by atoms with Gasteiger partial charge in [-0.15, -0.1) is 0 Å². The van der Waals surface area contributed by atoms with E-state index in [9.17, 15) is 0 Å². The Morgan fingerprint density at radius 2 is 2.17 bits per heavy atom. The highest BCUT2D eigenvalue weighted by Gasteiger charge is 2.22. The molecule has 0 saturated carbocycles. The monoisotopic (exact) mass is 274 g/mol. The van der Waals surface area contributed by atoms with Crippen LogP contribution in [-0.2, 0) is 4.74 Å². The Morgan fingerprint density at radius 1 is 1.39 bits per heavy atom. The van der Waals surface area contributed by atoms with E-state index in [2.05, 4.69) is 37.9 Å². The lowest BCUT2D eigenvalue weighted by Gasteiger charge is -2.36. The van der Waals surface area contributed by atoms with Crippen LogP contribution in [0.3, 0.4) is 0 Å². The second-order valence-electron chi connectivity index (χ2n) is 5.38. The summed E-state index contributed by atoms with van der Waals surface area (Å²) in [6, 6.07) is 1.23.